The number of carbonyl (C=O) groups is 1. The molecule has 1 aromatic carbocycles. The van der Waals surface area contributed by atoms with Crippen LogP contribution >= 0.6 is 11.9 Å². The number of nitrogens with one attached hydrogen (secondary N) is 1. The van der Waals surface area contributed by atoms with E-state index < -0.39 is 6.10 Å². The van der Waals surface area contributed by atoms with Crippen LogP contribution < -0.4 is 15.4 Å². The molecule has 5 rings (SSSR count). The largest absolute Gasteiger partial charge is 0.390 e. The number of amides is 1. The van der Waals surface area contributed by atoms with Crippen LogP contribution in [0.1, 0.15) is 52.5 Å². The van der Waals surface area contributed by atoms with Crippen molar-refractivity contribution < 1.29 is 9.90 Å². The van der Waals surface area contributed by atoms with Gasteiger partial charge in [-0.2, -0.15) is 5.10 Å². The number of β-amino-alcohol motifs (C(OH)–C–C–N with tert-alkyl or cyclic N) is 1. The van der Waals surface area contributed by atoms with Gasteiger partial charge >= 0.3 is 0 Å². The molecule has 4 heterocycles. The average Bonchev–Trinajstić information content (AvgIpc) is 3.41. The third kappa shape index (κ3) is 4.57. The summed E-state index contributed by atoms with van der Waals surface area (Å²) in [6, 6.07) is 7.56. The summed E-state index contributed by atoms with van der Waals surface area (Å²) in [4.78, 5) is 22.6. The van der Waals surface area contributed by atoms with E-state index in [0.29, 0.717) is 25.2 Å². The number of aromatic nitrogens is 3. The summed E-state index contributed by atoms with van der Waals surface area (Å²) in [5.74, 6) is 0.844. The van der Waals surface area contributed by atoms with Crippen LogP contribution in [0.4, 0.5) is 11.5 Å². The number of likely N-dealkylation sites (tertiary alicyclic amines) is 1. The Balaban J connectivity index is 1.47. The summed E-state index contributed by atoms with van der Waals surface area (Å²) >= 11 is 1.48. The minimum Gasteiger partial charge on any atom is -0.390 e. The summed E-state index contributed by atoms with van der Waals surface area (Å²) in [6.45, 7) is 5.74. The normalized spacial score (nSPS) is 22.7. The molecule has 2 aliphatic rings. The number of rotatable bonds is 5. The Morgan fingerprint density at radius 3 is 2.80 bits per heavy atom. The minimum atomic E-state index is -0.554. The predicted molar refractivity (Wildman–Crippen MR) is 140 cm³/mol. The second-order valence-electron chi connectivity index (χ2n) is 9.62. The SMILES string of the molecule is CSNc1ccc(C)cc1C(=O)N1CCCCC1c1cc2nc(N3CC(N)C(O)C3)c(C)cn2n1. The molecule has 2 saturated heterocycles. The maximum Gasteiger partial charge on any atom is 0.256 e. The van der Waals surface area contributed by atoms with Crippen LogP contribution in [-0.2, 0) is 0 Å². The number of hydrogen-bond donors (Lipinski definition) is 3. The van der Waals surface area contributed by atoms with E-state index in [-0.39, 0.29) is 18.0 Å². The van der Waals surface area contributed by atoms with Gasteiger partial charge in [-0.1, -0.05) is 23.6 Å². The van der Waals surface area contributed by atoms with Crippen LogP contribution in [0.15, 0.2) is 30.5 Å². The topological polar surface area (TPSA) is 112 Å². The summed E-state index contributed by atoms with van der Waals surface area (Å²) < 4.78 is 5.05. The van der Waals surface area contributed by atoms with Crippen LogP contribution in [0.3, 0.4) is 0 Å². The fourth-order valence-corrected chi connectivity index (χ4v) is 5.56. The van der Waals surface area contributed by atoms with Crippen molar-refractivity contribution in [1.29, 1.82) is 0 Å². The Hall–Kier alpha value is -2.82. The van der Waals surface area contributed by atoms with Gasteiger partial charge in [0.2, 0.25) is 0 Å². The van der Waals surface area contributed by atoms with Crippen LogP contribution in [-0.4, -0.2) is 68.5 Å². The summed E-state index contributed by atoms with van der Waals surface area (Å²) in [5, 5.41) is 14.9. The highest BCUT2D eigenvalue weighted by atomic mass is 32.2. The fraction of sp³-hybridized carbons (Fsp3) is 0.480. The van der Waals surface area contributed by atoms with Crippen molar-refractivity contribution in [2.45, 2.75) is 51.3 Å². The Morgan fingerprint density at radius 2 is 2.06 bits per heavy atom. The molecule has 0 spiro atoms. The van der Waals surface area contributed by atoms with Gasteiger partial charge in [-0.15, -0.1) is 0 Å². The molecule has 3 atom stereocenters. The number of fused-ring (bicyclic) bond motifs is 1. The molecule has 3 unspecified atom stereocenters. The van der Waals surface area contributed by atoms with Gasteiger partial charge in [0.05, 0.1) is 29.1 Å². The van der Waals surface area contributed by atoms with Crippen molar-refractivity contribution in [3.05, 3.63) is 52.8 Å². The second-order valence-corrected chi connectivity index (χ2v) is 10.2. The molecule has 1 amide bonds. The molecule has 10 heteroatoms. The van der Waals surface area contributed by atoms with Crippen molar-refractivity contribution in [2.75, 3.05) is 35.5 Å². The highest BCUT2D eigenvalue weighted by molar-refractivity contribution is 7.99. The number of aliphatic hydroxyl groups is 1. The van der Waals surface area contributed by atoms with Gasteiger partial charge in [-0.3, -0.25) is 4.79 Å². The van der Waals surface area contributed by atoms with E-state index in [0.717, 1.165) is 53.2 Å². The number of hydrogen-bond acceptors (Lipinski definition) is 8. The highest BCUT2D eigenvalue weighted by Gasteiger charge is 2.33. The molecule has 2 fully saturated rings. The monoisotopic (exact) mass is 495 g/mol. The zero-order valence-electron chi connectivity index (χ0n) is 20.4. The lowest BCUT2D eigenvalue weighted by Crippen LogP contribution is -2.39. The van der Waals surface area contributed by atoms with Gasteiger partial charge in [0, 0.05) is 49.8 Å². The Labute approximate surface area is 209 Å². The van der Waals surface area contributed by atoms with Crippen molar-refractivity contribution >= 4 is 35.0 Å². The van der Waals surface area contributed by atoms with E-state index in [1.165, 1.54) is 11.9 Å². The van der Waals surface area contributed by atoms with Gasteiger partial charge in [0.1, 0.15) is 5.82 Å². The van der Waals surface area contributed by atoms with Crippen LogP contribution in [0.25, 0.3) is 5.65 Å². The van der Waals surface area contributed by atoms with E-state index in [1.54, 1.807) is 4.52 Å². The van der Waals surface area contributed by atoms with E-state index in [1.807, 2.05) is 60.4 Å². The van der Waals surface area contributed by atoms with E-state index in [9.17, 15) is 9.90 Å². The molecular weight excluding hydrogens is 462 g/mol. The standard InChI is InChI=1S/C25H33N7O2S/c1-15-7-8-19(29-35-3)17(10-15)25(34)31-9-5-4-6-21(31)20-11-23-27-24(16(2)12-32(23)28-20)30-13-18(26)22(33)14-30/h7-8,10-12,18,21-22,29,33H,4-6,9,13-14,26H2,1-3H3. The van der Waals surface area contributed by atoms with Gasteiger partial charge < -0.3 is 25.4 Å². The molecule has 2 aliphatic heterocycles. The average molecular weight is 496 g/mol. The molecule has 4 N–H and O–H groups in total. The van der Waals surface area contributed by atoms with Gasteiger partial charge in [-0.25, -0.2) is 9.50 Å². The zero-order chi connectivity index (χ0) is 24.7. The Kier molecular flexibility index (Phi) is 6.61. The first kappa shape index (κ1) is 23.9. The molecular formula is C25H33N7O2S. The number of aryl methyl sites for hydroxylation is 2. The van der Waals surface area contributed by atoms with Crippen molar-refractivity contribution in [3.8, 4) is 0 Å². The van der Waals surface area contributed by atoms with Crippen LogP contribution in [0.2, 0.25) is 0 Å². The summed E-state index contributed by atoms with van der Waals surface area (Å²) in [5.41, 5.74) is 11.2. The van der Waals surface area contributed by atoms with E-state index in [4.69, 9.17) is 15.8 Å². The van der Waals surface area contributed by atoms with E-state index >= 15 is 0 Å². The van der Waals surface area contributed by atoms with Crippen LogP contribution in [0.5, 0.6) is 0 Å². The first-order chi connectivity index (χ1) is 16.9. The van der Waals surface area contributed by atoms with Crippen molar-refractivity contribution in [2.24, 2.45) is 5.73 Å². The van der Waals surface area contributed by atoms with Crippen molar-refractivity contribution in [1.82, 2.24) is 19.5 Å². The summed E-state index contributed by atoms with van der Waals surface area (Å²) in [7, 11) is 0. The minimum absolute atomic E-state index is 0.0249. The number of piperidine rings is 1. The Morgan fingerprint density at radius 1 is 1.23 bits per heavy atom. The molecule has 35 heavy (non-hydrogen) atoms. The lowest BCUT2D eigenvalue weighted by molar-refractivity contribution is 0.0606. The van der Waals surface area contributed by atoms with Gasteiger partial charge in [0.15, 0.2) is 5.65 Å². The zero-order valence-corrected chi connectivity index (χ0v) is 21.3. The van der Waals surface area contributed by atoms with E-state index in [2.05, 4.69) is 4.72 Å². The second kappa shape index (κ2) is 9.67. The quantitative estimate of drug-likeness (QED) is 0.463. The highest BCUT2D eigenvalue weighted by Crippen LogP contribution is 2.34. The number of carbonyl (C=O) groups excluding carboxylic acids is 1. The third-order valence-corrected chi connectivity index (χ3v) is 7.40. The predicted octanol–water partition coefficient (Wildman–Crippen LogP) is 2.91. The lowest BCUT2D eigenvalue weighted by atomic mass is 9.97. The number of anilines is 2. The summed E-state index contributed by atoms with van der Waals surface area (Å²) in [6.07, 6.45) is 6.26. The smallest absolute Gasteiger partial charge is 0.256 e. The van der Waals surface area contributed by atoms with Crippen molar-refractivity contribution in [3.63, 3.8) is 0 Å². The molecule has 186 valence electrons. The molecule has 0 bridgehead atoms. The van der Waals surface area contributed by atoms with Gasteiger partial charge in [-0.05, 0) is 45.2 Å². The number of nitrogens with zero attached hydrogens (tertiary/aromatic N) is 5. The third-order valence-electron chi connectivity index (χ3n) is 6.98. The first-order valence-electron chi connectivity index (χ1n) is 12.1. The molecule has 0 radical (unpaired) electrons. The maximum atomic E-state index is 13.8. The first-order valence-corrected chi connectivity index (χ1v) is 13.3. The molecule has 9 nitrogen and oxygen atoms in total. The fourth-order valence-electron chi connectivity index (χ4n) is 5.16. The molecule has 0 saturated carbocycles. The number of aliphatic hydroxyl groups excluding tert-OH is 1. The molecule has 0 aliphatic carbocycles. The molecule has 2 aromatic heterocycles. The lowest BCUT2D eigenvalue weighted by Gasteiger charge is -2.35. The van der Waals surface area contributed by atoms with Gasteiger partial charge in [0.25, 0.3) is 5.91 Å². The molecule has 3 aromatic rings. The number of benzene rings is 1. The Bertz CT molecular complexity index is 1240. The van der Waals surface area contributed by atoms with Crippen LogP contribution in [0, 0.1) is 13.8 Å². The maximum absolute atomic E-state index is 13.8. The number of nitrogens with two attached hydrogens (primary N) is 1.